The molecule has 0 saturated carbocycles. The Morgan fingerprint density at radius 3 is 2.47 bits per heavy atom. The van der Waals surface area contributed by atoms with Gasteiger partial charge in [0.2, 0.25) is 5.91 Å². The molecule has 0 aliphatic carbocycles. The maximum absolute atomic E-state index is 13.4. The van der Waals surface area contributed by atoms with Crippen molar-refractivity contribution in [3.8, 4) is 0 Å². The molecule has 0 radical (unpaired) electrons. The average molecular weight is 437 g/mol. The molecule has 3 amide bonds. The zero-order valence-electron chi connectivity index (χ0n) is 19.5. The van der Waals surface area contributed by atoms with E-state index in [1.54, 1.807) is 22.1 Å². The summed E-state index contributed by atoms with van der Waals surface area (Å²) in [6, 6.07) is 12.9. The molecule has 1 N–H and O–H groups in total. The fourth-order valence-corrected chi connectivity index (χ4v) is 3.49. The van der Waals surface area contributed by atoms with Crippen LogP contribution in [0.15, 0.2) is 59.3 Å². The van der Waals surface area contributed by atoms with Gasteiger partial charge in [0.05, 0.1) is 19.4 Å². The first kappa shape index (κ1) is 23.2. The number of urea groups is 1. The molecule has 170 valence electrons. The second-order valence-corrected chi connectivity index (χ2v) is 8.34. The van der Waals surface area contributed by atoms with Gasteiger partial charge in [0, 0.05) is 30.7 Å². The third-order valence-electron chi connectivity index (χ3n) is 5.72. The van der Waals surface area contributed by atoms with Crippen LogP contribution in [0.2, 0.25) is 0 Å². The maximum Gasteiger partial charge on any atom is 0.322 e. The standard InChI is InChI=1S/C25H32N4O3/c1-18(2)29(25(31)26-23-12-6-9-19(3)20(23)4)17-24(30)28(16-22-11-8-14-32-22)15-21-10-7-13-27(21)5/h6-14,18H,15-17H2,1-5H3,(H,26,31). The van der Waals surface area contributed by atoms with E-state index in [-0.39, 0.29) is 24.5 Å². The lowest BCUT2D eigenvalue weighted by molar-refractivity contribution is -0.133. The van der Waals surface area contributed by atoms with E-state index in [2.05, 4.69) is 5.32 Å². The molecule has 0 unspecified atom stereocenters. The van der Waals surface area contributed by atoms with Gasteiger partial charge in [-0.3, -0.25) is 4.79 Å². The van der Waals surface area contributed by atoms with Gasteiger partial charge >= 0.3 is 6.03 Å². The molecule has 32 heavy (non-hydrogen) atoms. The topological polar surface area (TPSA) is 70.7 Å². The molecular formula is C25H32N4O3. The van der Waals surface area contributed by atoms with E-state index >= 15 is 0 Å². The van der Waals surface area contributed by atoms with E-state index in [0.29, 0.717) is 18.8 Å². The van der Waals surface area contributed by atoms with E-state index in [4.69, 9.17) is 4.42 Å². The van der Waals surface area contributed by atoms with E-state index in [9.17, 15) is 9.59 Å². The summed E-state index contributed by atoms with van der Waals surface area (Å²) in [5.74, 6) is 0.552. The summed E-state index contributed by atoms with van der Waals surface area (Å²) in [5, 5.41) is 2.97. The molecule has 0 aliphatic heterocycles. The van der Waals surface area contributed by atoms with Gasteiger partial charge in [-0.15, -0.1) is 0 Å². The van der Waals surface area contributed by atoms with Crippen LogP contribution in [0.3, 0.4) is 0 Å². The zero-order valence-corrected chi connectivity index (χ0v) is 19.5. The predicted octanol–water partition coefficient (Wildman–Crippen LogP) is 4.71. The number of carbonyl (C=O) groups is 2. The molecule has 0 atom stereocenters. The number of nitrogens with zero attached hydrogens (tertiary/aromatic N) is 3. The highest BCUT2D eigenvalue weighted by atomic mass is 16.3. The molecule has 0 saturated heterocycles. The van der Waals surface area contributed by atoms with Gasteiger partial charge in [-0.1, -0.05) is 12.1 Å². The van der Waals surface area contributed by atoms with Crippen molar-refractivity contribution in [1.29, 1.82) is 0 Å². The van der Waals surface area contributed by atoms with Crippen molar-refractivity contribution < 1.29 is 14.0 Å². The molecule has 3 rings (SSSR count). The lowest BCUT2D eigenvalue weighted by Crippen LogP contribution is -2.47. The first-order valence-corrected chi connectivity index (χ1v) is 10.8. The van der Waals surface area contributed by atoms with Crippen molar-refractivity contribution in [2.75, 3.05) is 11.9 Å². The average Bonchev–Trinajstić information content (AvgIpc) is 3.40. The molecule has 0 aliphatic rings. The van der Waals surface area contributed by atoms with Crippen LogP contribution < -0.4 is 5.32 Å². The Hall–Kier alpha value is -3.48. The summed E-state index contributed by atoms with van der Waals surface area (Å²) in [5.41, 5.74) is 3.87. The Morgan fingerprint density at radius 2 is 1.84 bits per heavy atom. The Labute approximate surface area is 189 Å². The Kier molecular flexibility index (Phi) is 7.41. The van der Waals surface area contributed by atoms with Gasteiger partial charge in [-0.25, -0.2) is 4.79 Å². The minimum Gasteiger partial charge on any atom is -0.467 e. The van der Waals surface area contributed by atoms with Crippen LogP contribution in [-0.4, -0.2) is 38.9 Å². The third kappa shape index (κ3) is 5.60. The fourth-order valence-electron chi connectivity index (χ4n) is 3.49. The number of hydrogen-bond acceptors (Lipinski definition) is 3. The van der Waals surface area contributed by atoms with Crippen LogP contribution in [-0.2, 0) is 24.9 Å². The first-order chi connectivity index (χ1) is 15.3. The molecule has 0 spiro atoms. The smallest absolute Gasteiger partial charge is 0.322 e. The number of nitrogens with one attached hydrogen (secondary N) is 1. The first-order valence-electron chi connectivity index (χ1n) is 10.8. The number of anilines is 1. The van der Waals surface area contributed by atoms with E-state index < -0.39 is 0 Å². The number of amides is 3. The van der Waals surface area contributed by atoms with Crippen molar-refractivity contribution >= 4 is 17.6 Å². The van der Waals surface area contributed by atoms with Crippen molar-refractivity contribution in [1.82, 2.24) is 14.4 Å². The van der Waals surface area contributed by atoms with Crippen LogP contribution in [0.4, 0.5) is 10.5 Å². The van der Waals surface area contributed by atoms with Crippen LogP contribution in [0.5, 0.6) is 0 Å². The summed E-state index contributed by atoms with van der Waals surface area (Å²) in [7, 11) is 1.95. The summed E-state index contributed by atoms with van der Waals surface area (Å²) < 4.78 is 7.46. The van der Waals surface area contributed by atoms with Crippen molar-refractivity contribution in [2.45, 2.75) is 46.8 Å². The highest BCUT2D eigenvalue weighted by Crippen LogP contribution is 2.19. The van der Waals surface area contributed by atoms with E-state index in [1.807, 2.05) is 81.9 Å². The van der Waals surface area contributed by atoms with Crippen molar-refractivity contribution in [3.63, 3.8) is 0 Å². The maximum atomic E-state index is 13.4. The summed E-state index contributed by atoms with van der Waals surface area (Å²) in [6.07, 6.45) is 3.54. The Balaban J connectivity index is 1.76. The van der Waals surface area contributed by atoms with Crippen molar-refractivity contribution in [3.05, 3.63) is 77.5 Å². The number of rotatable bonds is 8. The van der Waals surface area contributed by atoms with Gasteiger partial charge in [0.15, 0.2) is 0 Å². The van der Waals surface area contributed by atoms with Crippen LogP contribution in [0, 0.1) is 13.8 Å². The van der Waals surface area contributed by atoms with E-state index in [1.165, 1.54) is 0 Å². The summed E-state index contributed by atoms with van der Waals surface area (Å²) >= 11 is 0. The monoisotopic (exact) mass is 436 g/mol. The highest BCUT2D eigenvalue weighted by Gasteiger charge is 2.25. The number of hydrogen-bond donors (Lipinski definition) is 1. The Bertz CT molecular complexity index is 1050. The van der Waals surface area contributed by atoms with Crippen molar-refractivity contribution in [2.24, 2.45) is 7.05 Å². The fraction of sp³-hybridized carbons (Fsp3) is 0.360. The van der Waals surface area contributed by atoms with Gasteiger partial charge in [0.1, 0.15) is 12.3 Å². The molecular weight excluding hydrogens is 404 g/mol. The number of furan rings is 1. The zero-order chi connectivity index (χ0) is 23.3. The molecule has 7 heteroatoms. The summed E-state index contributed by atoms with van der Waals surface area (Å²) in [4.78, 5) is 29.7. The minimum absolute atomic E-state index is 0.0283. The van der Waals surface area contributed by atoms with Gasteiger partial charge in [-0.05, 0) is 69.2 Å². The normalized spacial score (nSPS) is 10.9. The Morgan fingerprint density at radius 1 is 1.06 bits per heavy atom. The highest BCUT2D eigenvalue weighted by molar-refractivity contribution is 5.93. The number of benzene rings is 1. The lowest BCUT2D eigenvalue weighted by atomic mass is 10.1. The van der Waals surface area contributed by atoms with Gasteiger partial charge in [-0.2, -0.15) is 0 Å². The summed E-state index contributed by atoms with van der Waals surface area (Å²) in [6.45, 7) is 8.52. The van der Waals surface area contributed by atoms with Gasteiger partial charge < -0.3 is 24.1 Å². The third-order valence-corrected chi connectivity index (χ3v) is 5.72. The largest absolute Gasteiger partial charge is 0.467 e. The molecule has 2 heterocycles. The number of aromatic nitrogens is 1. The number of aryl methyl sites for hydroxylation is 2. The molecule has 0 bridgehead atoms. The predicted molar refractivity (Wildman–Crippen MR) is 125 cm³/mol. The quantitative estimate of drug-likeness (QED) is 0.556. The minimum atomic E-state index is -0.293. The van der Waals surface area contributed by atoms with E-state index in [0.717, 1.165) is 22.5 Å². The van der Waals surface area contributed by atoms with Crippen LogP contribution in [0.1, 0.15) is 36.4 Å². The molecule has 1 aromatic carbocycles. The van der Waals surface area contributed by atoms with Crippen LogP contribution in [0.25, 0.3) is 0 Å². The second-order valence-electron chi connectivity index (χ2n) is 8.34. The number of carbonyl (C=O) groups excluding carboxylic acids is 2. The molecule has 2 aromatic heterocycles. The molecule has 0 fully saturated rings. The molecule has 3 aromatic rings. The van der Waals surface area contributed by atoms with Gasteiger partial charge in [0.25, 0.3) is 0 Å². The SMILES string of the molecule is Cc1cccc(NC(=O)N(CC(=O)N(Cc2ccco2)Cc2cccn2C)C(C)C)c1C. The molecule has 7 nitrogen and oxygen atoms in total. The second kappa shape index (κ2) is 10.2. The lowest BCUT2D eigenvalue weighted by Gasteiger charge is -2.30. The van der Waals surface area contributed by atoms with Crippen LogP contribution >= 0.6 is 0 Å².